The Bertz CT molecular complexity index is 322. The smallest absolute Gasteiger partial charge is 0.310 e. The van der Waals surface area contributed by atoms with Crippen molar-refractivity contribution in [3.05, 3.63) is 35.4 Å². The van der Waals surface area contributed by atoms with Crippen LogP contribution in [0.4, 0.5) is 0 Å². The number of rotatable bonds is 1. The second-order valence-electron chi connectivity index (χ2n) is 3.13. The molecule has 0 bridgehead atoms. The standard InChI is InChI=1S/C10H10O2.Zn/c11-10(12)9-6-5-7-3-1-2-4-8(7)9;/h1-4,9H,5-6H2,(H,11,12);. The molecule has 0 saturated carbocycles. The fourth-order valence-corrected chi connectivity index (χ4v) is 1.81. The van der Waals surface area contributed by atoms with E-state index in [9.17, 15) is 4.79 Å². The van der Waals surface area contributed by atoms with Gasteiger partial charge in [-0.15, -0.1) is 0 Å². The Morgan fingerprint density at radius 2 is 2.08 bits per heavy atom. The van der Waals surface area contributed by atoms with E-state index in [1.165, 1.54) is 5.56 Å². The number of fused-ring (bicyclic) bond motifs is 1. The zero-order valence-electron chi connectivity index (χ0n) is 7.36. The summed E-state index contributed by atoms with van der Waals surface area (Å²) in [4.78, 5) is 10.8. The van der Waals surface area contributed by atoms with Gasteiger partial charge in [-0.1, -0.05) is 24.3 Å². The summed E-state index contributed by atoms with van der Waals surface area (Å²) in [6.07, 6.45) is 1.67. The fourth-order valence-electron chi connectivity index (χ4n) is 1.81. The van der Waals surface area contributed by atoms with Gasteiger partial charge in [-0.05, 0) is 24.0 Å². The molecule has 1 atom stereocenters. The molecule has 1 aliphatic carbocycles. The van der Waals surface area contributed by atoms with Crippen LogP contribution >= 0.6 is 0 Å². The first kappa shape index (κ1) is 10.4. The maximum atomic E-state index is 10.8. The van der Waals surface area contributed by atoms with Gasteiger partial charge in [-0.2, -0.15) is 0 Å². The summed E-state index contributed by atoms with van der Waals surface area (Å²) in [6, 6.07) is 7.79. The van der Waals surface area contributed by atoms with Gasteiger partial charge in [0.05, 0.1) is 5.92 Å². The fraction of sp³-hybridized carbons (Fsp3) is 0.300. The van der Waals surface area contributed by atoms with Crippen LogP contribution in [0, 0.1) is 0 Å². The number of aliphatic carboxylic acids is 1. The van der Waals surface area contributed by atoms with E-state index in [-0.39, 0.29) is 25.4 Å². The maximum Gasteiger partial charge on any atom is 0.310 e. The molecule has 0 heterocycles. The molecule has 1 N–H and O–H groups in total. The quantitative estimate of drug-likeness (QED) is 0.743. The Hall–Kier alpha value is -0.687. The van der Waals surface area contributed by atoms with Gasteiger partial charge >= 0.3 is 5.97 Å². The first-order chi connectivity index (χ1) is 5.79. The predicted molar refractivity (Wildman–Crippen MR) is 45.1 cm³/mol. The maximum absolute atomic E-state index is 10.8. The van der Waals surface area contributed by atoms with E-state index in [1.54, 1.807) is 0 Å². The zero-order chi connectivity index (χ0) is 8.55. The molecule has 64 valence electrons. The number of hydrogen-bond acceptors (Lipinski definition) is 1. The first-order valence-electron chi connectivity index (χ1n) is 4.09. The molecule has 0 saturated heterocycles. The number of carboxylic acid groups (broad SMARTS) is 1. The number of aryl methyl sites for hydroxylation is 1. The SMILES string of the molecule is O=C(O)C1CCc2ccccc21.[Zn]. The molecule has 1 aromatic rings. The van der Waals surface area contributed by atoms with Crippen molar-refractivity contribution in [2.75, 3.05) is 0 Å². The van der Waals surface area contributed by atoms with Crippen LogP contribution in [0.2, 0.25) is 0 Å². The van der Waals surface area contributed by atoms with Crippen molar-refractivity contribution in [1.29, 1.82) is 0 Å². The Morgan fingerprint density at radius 3 is 2.77 bits per heavy atom. The summed E-state index contributed by atoms with van der Waals surface area (Å²) in [5, 5.41) is 8.86. The van der Waals surface area contributed by atoms with Gasteiger partial charge in [0.15, 0.2) is 0 Å². The number of benzene rings is 1. The van der Waals surface area contributed by atoms with Gasteiger partial charge in [0.25, 0.3) is 0 Å². The van der Waals surface area contributed by atoms with Crippen LogP contribution in [0.25, 0.3) is 0 Å². The Labute approximate surface area is 89.7 Å². The van der Waals surface area contributed by atoms with Crippen molar-refractivity contribution in [2.24, 2.45) is 0 Å². The topological polar surface area (TPSA) is 37.3 Å². The summed E-state index contributed by atoms with van der Waals surface area (Å²) in [5.41, 5.74) is 2.20. The molecule has 0 spiro atoms. The van der Waals surface area contributed by atoms with E-state index in [0.717, 1.165) is 18.4 Å². The summed E-state index contributed by atoms with van der Waals surface area (Å²) in [5.74, 6) is -0.957. The monoisotopic (exact) mass is 226 g/mol. The Morgan fingerprint density at radius 1 is 1.38 bits per heavy atom. The second-order valence-corrected chi connectivity index (χ2v) is 3.13. The third-order valence-corrected chi connectivity index (χ3v) is 2.43. The Kier molecular flexibility index (Phi) is 3.21. The average molecular weight is 228 g/mol. The van der Waals surface area contributed by atoms with E-state index in [1.807, 2.05) is 24.3 Å². The van der Waals surface area contributed by atoms with Crippen molar-refractivity contribution < 1.29 is 29.4 Å². The molecule has 13 heavy (non-hydrogen) atoms. The minimum Gasteiger partial charge on any atom is -0.481 e. The van der Waals surface area contributed by atoms with Gasteiger partial charge < -0.3 is 5.11 Å². The van der Waals surface area contributed by atoms with Crippen molar-refractivity contribution in [3.8, 4) is 0 Å². The first-order valence-corrected chi connectivity index (χ1v) is 4.09. The van der Waals surface area contributed by atoms with Crippen LogP contribution in [-0.4, -0.2) is 11.1 Å². The van der Waals surface area contributed by atoms with Crippen LogP contribution in [0.3, 0.4) is 0 Å². The minimum absolute atomic E-state index is 0. The second kappa shape index (κ2) is 4.01. The molecule has 1 unspecified atom stereocenters. The molecule has 0 aliphatic heterocycles. The van der Waals surface area contributed by atoms with Crippen LogP contribution < -0.4 is 0 Å². The summed E-state index contributed by atoms with van der Waals surface area (Å²) >= 11 is 0. The molecule has 0 fully saturated rings. The van der Waals surface area contributed by atoms with Gasteiger partial charge in [-0.3, -0.25) is 4.79 Å². The van der Waals surface area contributed by atoms with E-state index < -0.39 is 5.97 Å². The molecular weight excluding hydrogens is 217 g/mol. The molecule has 2 nitrogen and oxygen atoms in total. The Balaban J connectivity index is 0.000000845. The third kappa shape index (κ3) is 1.81. The van der Waals surface area contributed by atoms with Crippen molar-refractivity contribution in [2.45, 2.75) is 18.8 Å². The van der Waals surface area contributed by atoms with Gasteiger partial charge in [0.1, 0.15) is 0 Å². The molecule has 3 heteroatoms. The van der Waals surface area contributed by atoms with Gasteiger partial charge in [0, 0.05) is 19.5 Å². The van der Waals surface area contributed by atoms with Crippen LogP contribution in [-0.2, 0) is 30.7 Å². The van der Waals surface area contributed by atoms with Crippen molar-refractivity contribution in [1.82, 2.24) is 0 Å². The average Bonchev–Trinajstić information content (AvgIpc) is 2.47. The van der Waals surface area contributed by atoms with Gasteiger partial charge in [0.2, 0.25) is 0 Å². The van der Waals surface area contributed by atoms with Gasteiger partial charge in [-0.25, -0.2) is 0 Å². The third-order valence-electron chi connectivity index (χ3n) is 2.43. The van der Waals surface area contributed by atoms with E-state index in [4.69, 9.17) is 5.11 Å². The van der Waals surface area contributed by atoms with E-state index in [2.05, 4.69) is 0 Å². The molecular formula is C10H10O2Zn. The molecule has 0 radical (unpaired) electrons. The van der Waals surface area contributed by atoms with Crippen LogP contribution in [0.1, 0.15) is 23.5 Å². The summed E-state index contributed by atoms with van der Waals surface area (Å²) < 4.78 is 0. The van der Waals surface area contributed by atoms with Crippen LogP contribution in [0.15, 0.2) is 24.3 Å². The number of carboxylic acids is 1. The number of hydrogen-bond donors (Lipinski definition) is 1. The zero-order valence-corrected chi connectivity index (χ0v) is 10.3. The predicted octanol–water partition coefficient (Wildman–Crippen LogP) is 1.80. The normalized spacial score (nSPS) is 18.9. The summed E-state index contributed by atoms with van der Waals surface area (Å²) in [7, 11) is 0. The number of carbonyl (C=O) groups is 1. The molecule has 2 rings (SSSR count). The molecule has 1 aromatic carbocycles. The minimum atomic E-state index is -0.694. The molecule has 1 aliphatic rings. The molecule has 0 amide bonds. The van der Waals surface area contributed by atoms with Crippen molar-refractivity contribution in [3.63, 3.8) is 0 Å². The van der Waals surface area contributed by atoms with E-state index in [0.29, 0.717) is 0 Å². The van der Waals surface area contributed by atoms with Crippen molar-refractivity contribution >= 4 is 5.97 Å². The summed E-state index contributed by atoms with van der Waals surface area (Å²) in [6.45, 7) is 0. The van der Waals surface area contributed by atoms with Crippen LogP contribution in [0.5, 0.6) is 0 Å². The largest absolute Gasteiger partial charge is 0.481 e. The van der Waals surface area contributed by atoms with E-state index >= 15 is 0 Å². The molecule has 0 aromatic heterocycles.